The van der Waals surface area contributed by atoms with Crippen molar-refractivity contribution < 1.29 is 4.92 Å². The van der Waals surface area contributed by atoms with Crippen LogP contribution in [0.5, 0.6) is 0 Å². The molecule has 0 bridgehead atoms. The Morgan fingerprint density at radius 1 is 1.10 bits per heavy atom. The van der Waals surface area contributed by atoms with E-state index in [1.165, 1.54) is 16.8 Å². The minimum atomic E-state index is -0.435. The van der Waals surface area contributed by atoms with Gasteiger partial charge in [0.05, 0.1) is 10.6 Å². The van der Waals surface area contributed by atoms with Crippen molar-refractivity contribution in [2.24, 2.45) is 7.05 Å². The number of nitrogens with zero attached hydrogens (tertiary/aromatic N) is 4. The van der Waals surface area contributed by atoms with Crippen molar-refractivity contribution in [2.75, 3.05) is 0 Å². The first-order valence-electron chi connectivity index (χ1n) is 9.52. The molecule has 0 atom stereocenters. The van der Waals surface area contributed by atoms with Crippen LogP contribution in [0.2, 0.25) is 0 Å². The Bertz CT molecular complexity index is 1410. The molecule has 0 N–H and O–H groups in total. The van der Waals surface area contributed by atoms with Gasteiger partial charge < -0.3 is 4.57 Å². The van der Waals surface area contributed by atoms with Gasteiger partial charge in [-0.15, -0.1) is 0 Å². The molecule has 0 unspecified atom stereocenters. The average molecular weight is 400 g/mol. The molecule has 7 nitrogen and oxygen atoms in total. The molecule has 0 aliphatic heterocycles. The Morgan fingerprint density at radius 3 is 2.43 bits per heavy atom. The van der Waals surface area contributed by atoms with E-state index in [0.717, 1.165) is 16.3 Å². The molecule has 0 aliphatic rings. The van der Waals surface area contributed by atoms with Crippen molar-refractivity contribution >= 4 is 33.2 Å². The number of aryl methyl sites for hydroxylation is 1. The maximum atomic E-state index is 13.4. The SMILES string of the molecule is C/C=C\C(=C/C)n1nc(-c2ccc([N+](=O)[O-])cc2)c2c3ccccc3n(C)c2c1=O. The first-order chi connectivity index (χ1) is 14.5. The maximum Gasteiger partial charge on any atom is 0.296 e. The summed E-state index contributed by atoms with van der Waals surface area (Å²) in [7, 11) is 1.86. The Labute approximate surface area is 172 Å². The van der Waals surface area contributed by atoms with E-state index in [9.17, 15) is 14.9 Å². The van der Waals surface area contributed by atoms with Crippen LogP contribution in [-0.2, 0) is 7.05 Å². The standard InChI is InChI=1S/C23H20N4O3/c1-4-8-16(5-2)26-23(28)22-20(18-9-6-7-10-19(18)25(22)3)21(24-26)15-11-13-17(14-12-15)27(29)30/h4-14H,1-3H3/b8-4-,16-5+. The van der Waals surface area contributed by atoms with Gasteiger partial charge in [0, 0.05) is 41.0 Å². The van der Waals surface area contributed by atoms with Crippen molar-refractivity contribution in [2.45, 2.75) is 13.8 Å². The number of hydrogen-bond donors (Lipinski definition) is 0. The van der Waals surface area contributed by atoms with E-state index in [1.54, 1.807) is 12.1 Å². The lowest BCUT2D eigenvalue weighted by atomic mass is 10.1. The van der Waals surface area contributed by atoms with E-state index in [0.29, 0.717) is 22.5 Å². The maximum absolute atomic E-state index is 13.4. The Kier molecular flexibility index (Phi) is 4.79. The predicted octanol–water partition coefficient (Wildman–Crippen LogP) is 4.90. The second kappa shape index (κ2) is 7.44. The van der Waals surface area contributed by atoms with Crippen molar-refractivity contribution in [3.05, 3.63) is 87.2 Å². The highest BCUT2D eigenvalue weighted by atomic mass is 16.6. The van der Waals surface area contributed by atoms with Gasteiger partial charge >= 0.3 is 0 Å². The number of rotatable bonds is 4. The van der Waals surface area contributed by atoms with Gasteiger partial charge in [-0.1, -0.05) is 30.4 Å². The van der Waals surface area contributed by atoms with Gasteiger partial charge in [-0.25, -0.2) is 0 Å². The van der Waals surface area contributed by atoms with Gasteiger partial charge in [0.2, 0.25) is 0 Å². The van der Waals surface area contributed by atoms with Crippen LogP contribution in [0.4, 0.5) is 5.69 Å². The number of non-ortho nitro benzene ring substituents is 1. The summed E-state index contributed by atoms with van der Waals surface area (Å²) in [6.07, 6.45) is 5.49. The van der Waals surface area contributed by atoms with E-state index in [4.69, 9.17) is 5.10 Å². The largest absolute Gasteiger partial charge is 0.339 e. The molecule has 0 spiro atoms. The summed E-state index contributed by atoms with van der Waals surface area (Å²) in [5, 5.41) is 17.4. The fraction of sp³-hybridized carbons (Fsp3) is 0.130. The molecule has 0 radical (unpaired) electrons. The number of aromatic nitrogens is 3. The highest BCUT2D eigenvalue weighted by Gasteiger charge is 2.21. The number of hydrogen-bond acceptors (Lipinski definition) is 4. The van der Waals surface area contributed by atoms with E-state index in [-0.39, 0.29) is 11.2 Å². The highest BCUT2D eigenvalue weighted by molar-refractivity contribution is 6.13. The lowest BCUT2D eigenvalue weighted by Gasteiger charge is -2.11. The third kappa shape index (κ3) is 2.91. The molecule has 0 saturated carbocycles. The average Bonchev–Trinajstić information content (AvgIpc) is 3.06. The van der Waals surface area contributed by atoms with Gasteiger partial charge in [0.25, 0.3) is 11.2 Å². The molecule has 0 aliphatic carbocycles. The summed E-state index contributed by atoms with van der Waals surface area (Å²) in [6.45, 7) is 3.72. The molecule has 30 heavy (non-hydrogen) atoms. The smallest absolute Gasteiger partial charge is 0.296 e. The lowest BCUT2D eigenvalue weighted by Crippen LogP contribution is -2.24. The molecule has 0 saturated heterocycles. The molecule has 7 heteroatoms. The summed E-state index contributed by atoms with van der Waals surface area (Å²) in [5.41, 5.74) is 3.18. The van der Waals surface area contributed by atoms with E-state index < -0.39 is 4.92 Å². The summed E-state index contributed by atoms with van der Waals surface area (Å²) in [5.74, 6) is 0. The van der Waals surface area contributed by atoms with Crippen molar-refractivity contribution in [3.63, 3.8) is 0 Å². The van der Waals surface area contributed by atoms with Crippen LogP contribution in [0.3, 0.4) is 0 Å². The molecule has 0 fully saturated rings. The third-order valence-corrected chi connectivity index (χ3v) is 5.17. The van der Waals surface area contributed by atoms with E-state index in [1.807, 2.05) is 68.0 Å². The normalized spacial score (nSPS) is 12.3. The summed E-state index contributed by atoms with van der Waals surface area (Å²) >= 11 is 0. The van der Waals surface area contributed by atoms with Crippen molar-refractivity contribution in [1.82, 2.24) is 14.3 Å². The van der Waals surface area contributed by atoms with Gasteiger partial charge in [-0.3, -0.25) is 14.9 Å². The monoisotopic (exact) mass is 400 g/mol. The number of fused-ring (bicyclic) bond motifs is 3. The quantitative estimate of drug-likeness (QED) is 0.277. The predicted molar refractivity (Wildman–Crippen MR) is 119 cm³/mol. The zero-order valence-corrected chi connectivity index (χ0v) is 16.9. The van der Waals surface area contributed by atoms with Crippen LogP contribution in [0.25, 0.3) is 38.8 Å². The second-order valence-corrected chi connectivity index (χ2v) is 6.88. The van der Waals surface area contributed by atoms with Crippen LogP contribution < -0.4 is 5.56 Å². The number of nitro benzene ring substituents is 1. The van der Waals surface area contributed by atoms with Crippen molar-refractivity contribution in [3.8, 4) is 11.3 Å². The Hall–Kier alpha value is -4.00. The first kappa shape index (κ1) is 19.3. The number of allylic oxidation sites excluding steroid dienone is 4. The zero-order chi connectivity index (χ0) is 21.4. The summed E-state index contributed by atoms with van der Waals surface area (Å²) in [4.78, 5) is 24.1. The van der Waals surface area contributed by atoms with Gasteiger partial charge in [-0.2, -0.15) is 9.78 Å². The molecule has 0 amide bonds. The fourth-order valence-corrected chi connectivity index (χ4v) is 3.76. The van der Waals surface area contributed by atoms with Gasteiger partial charge in [-0.05, 0) is 38.1 Å². The minimum absolute atomic E-state index is 0.00398. The molecule has 150 valence electrons. The number of nitro groups is 1. The van der Waals surface area contributed by atoms with Gasteiger partial charge in [0.15, 0.2) is 0 Å². The molecular formula is C23H20N4O3. The van der Waals surface area contributed by atoms with E-state index in [2.05, 4.69) is 0 Å². The van der Waals surface area contributed by atoms with Crippen LogP contribution in [0.1, 0.15) is 13.8 Å². The van der Waals surface area contributed by atoms with E-state index >= 15 is 0 Å². The lowest BCUT2D eigenvalue weighted by molar-refractivity contribution is -0.384. The third-order valence-electron chi connectivity index (χ3n) is 5.17. The highest BCUT2D eigenvalue weighted by Crippen LogP contribution is 2.34. The zero-order valence-electron chi connectivity index (χ0n) is 16.9. The summed E-state index contributed by atoms with van der Waals surface area (Å²) < 4.78 is 3.26. The molecule has 2 aromatic heterocycles. The molecule has 2 aromatic carbocycles. The van der Waals surface area contributed by atoms with Crippen LogP contribution in [-0.4, -0.2) is 19.3 Å². The van der Waals surface area contributed by atoms with Crippen LogP contribution >= 0.6 is 0 Å². The Balaban J connectivity index is 2.17. The first-order valence-corrected chi connectivity index (χ1v) is 9.52. The number of para-hydroxylation sites is 1. The molecular weight excluding hydrogens is 380 g/mol. The van der Waals surface area contributed by atoms with Crippen LogP contribution in [0.15, 0.2) is 71.6 Å². The van der Waals surface area contributed by atoms with Crippen LogP contribution in [0, 0.1) is 10.1 Å². The molecule has 4 rings (SSSR count). The van der Waals surface area contributed by atoms with Crippen molar-refractivity contribution in [1.29, 1.82) is 0 Å². The van der Waals surface area contributed by atoms with Gasteiger partial charge in [0.1, 0.15) is 11.2 Å². The molecule has 4 aromatic rings. The summed E-state index contributed by atoms with van der Waals surface area (Å²) in [6, 6.07) is 14.0. The second-order valence-electron chi connectivity index (χ2n) is 6.88. The fourth-order valence-electron chi connectivity index (χ4n) is 3.76. The topological polar surface area (TPSA) is 83.0 Å². The Morgan fingerprint density at radius 2 is 1.80 bits per heavy atom. The minimum Gasteiger partial charge on any atom is -0.339 e. The molecule has 2 heterocycles. The number of benzene rings is 2.